The summed E-state index contributed by atoms with van der Waals surface area (Å²) in [7, 11) is 0. The van der Waals surface area contributed by atoms with Crippen LogP contribution in [0.1, 0.15) is 37.3 Å². The molecule has 16 nitrogen and oxygen atoms in total. The van der Waals surface area contributed by atoms with Crippen molar-refractivity contribution in [1.82, 2.24) is 31.6 Å². The Morgan fingerprint density at radius 3 is 2.09 bits per heavy atom. The highest BCUT2D eigenvalue weighted by Crippen LogP contribution is 2.20. The number of benzene rings is 2. The van der Waals surface area contributed by atoms with Gasteiger partial charge in [0.1, 0.15) is 30.2 Å². The summed E-state index contributed by atoms with van der Waals surface area (Å²) in [6, 6.07) is 8.45. The lowest BCUT2D eigenvalue weighted by molar-refractivity contribution is -0.142. The molecule has 0 saturated carbocycles. The Labute approximate surface area is 311 Å². The van der Waals surface area contributed by atoms with Gasteiger partial charge in [-0.15, -0.1) is 0 Å². The summed E-state index contributed by atoms with van der Waals surface area (Å²) < 4.78 is 0. The van der Waals surface area contributed by atoms with E-state index in [4.69, 9.17) is 11.5 Å². The van der Waals surface area contributed by atoms with Gasteiger partial charge in [0.15, 0.2) is 0 Å². The minimum atomic E-state index is -1.58. The molecule has 286 valence electrons. The number of amides is 5. The summed E-state index contributed by atoms with van der Waals surface area (Å²) in [5.41, 5.74) is 14.1. The average Bonchev–Trinajstić information content (AvgIpc) is 3.54. The molecule has 0 spiro atoms. The number of fused-ring (bicyclic) bond motifs is 1. The second kappa shape index (κ2) is 19.8. The Morgan fingerprint density at radius 1 is 0.792 bits per heavy atom. The third kappa shape index (κ3) is 11.8. The number of aliphatic hydroxyl groups is 1. The first-order valence-electron chi connectivity index (χ1n) is 17.4. The van der Waals surface area contributed by atoms with E-state index in [0.717, 1.165) is 28.2 Å². The molecule has 5 amide bonds. The SMILES string of the molecule is C[C@@H](O)[C@@H]1NC(=O)[C@H](CCCCN)NC(=O)[C@@H](Cc2c[nH]c3ccccc23)NC(=O)[C@H](Cc2ccccc2)NC(=O)[C@@H](N)CSC[C@@H](C(=O)O)NC1=O. The number of carbonyl (C=O) groups excluding carboxylic acids is 5. The highest BCUT2D eigenvalue weighted by molar-refractivity contribution is 7.99. The third-order valence-electron chi connectivity index (χ3n) is 8.82. The number of carboxylic acid groups (broad SMARTS) is 1. The molecule has 1 aliphatic rings. The molecule has 0 unspecified atom stereocenters. The number of aliphatic hydroxyl groups excluding tert-OH is 1. The number of carboxylic acids is 1. The molecule has 12 N–H and O–H groups in total. The maximum atomic E-state index is 14.2. The van der Waals surface area contributed by atoms with E-state index in [1.54, 1.807) is 36.5 Å². The van der Waals surface area contributed by atoms with E-state index in [9.17, 15) is 39.0 Å². The first-order valence-corrected chi connectivity index (χ1v) is 18.6. The van der Waals surface area contributed by atoms with Crippen LogP contribution in [0.5, 0.6) is 0 Å². The Hall–Kier alpha value is -4.97. The van der Waals surface area contributed by atoms with Gasteiger partial charge in [0.2, 0.25) is 29.5 Å². The fourth-order valence-electron chi connectivity index (χ4n) is 5.86. The van der Waals surface area contributed by atoms with Crippen LogP contribution in [-0.4, -0.2) is 111 Å². The van der Waals surface area contributed by atoms with Crippen molar-refractivity contribution in [2.45, 2.75) is 81.4 Å². The number of hydrogen-bond donors (Lipinski definition) is 10. The Bertz CT molecular complexity index is 1740. The summed E-state index contributed by atoms with van der Waals surface area (Å²) >= 11 is 0.982. The molecule has 1 fully saturated rings. The van der Waals surface area contributed by atoms with E-state index in [1.807, 2.05) is 24.3 Å². The molecule has 0 radical (unpaired) electrons. The van der Waals surface area contributed by atoms with Crippen molar-refractivity contribution in [3.63, 3.8) is 0 Å². The summed E-state index contributed by atoms with van der Waals surface area (Å²) in [4.78, 5) is 83.8. The van der Waals surface area contributed by atoms with E-state index in [1.165, 1.54) is 6.92 Å². The van der Waals surface area contributed by atoms with Gasteiger partial charge in [-0.05, 0) is 49.9 Å². The molecule has 7 atom stereocenters. The monoisotopic (exact) mass is 752 g/mol. The summed E-state index contributed by atoms with van der Waals surface area (Å²) in [6.07, 6.45) is 1.33. The number of carbonyl (C=O) groups is 6. The fourth-order valence-corrected chi connectivity index (χ4v) is 6.86. The van der Waals surface area contributed by atoms with Gasteiger partial charge in [-0.3, -0.25) is 24.0 Å². The smallest absolute Gasteiger partial charge is 0.327 e. The number of H-pyrrole nitrogens is 1. The molecule has 0 bridgehead atoms. The molecule has 0 aliphatic carbocycles. The molecular weight excluding hydrogens is 705 g/mol. The van der Waals surface area contributed by atoms with E-state index < -0.39 is 77.9 Å². The number of rotatable bonds is 10. The van der Waals surface area contributed by atoms with Crippen LogP contribution in [0.15, 0.2) is 60.8 Å². The number of thioether (sulfide) groups is 1. The van der Waals surface area contributed by atoms with Crippen molar-refractivity contribution in [3.8, 4) is 0 Å². The van der Waals surface area contributed by atoms with Gasteiger partial charge in [0.25, 0.3) is 0 Å². The first-order chi connectivity index (χ1) is 25.4. The zero-order chi connectivity index (χ0) is 38.5. The minimum absolute atomic E-state index is 0.00380. The van der Waals surface area contributed by atoms with Gasteiger partial charge in [-0.25, -0.2) is 4.79 Å². The lowest BCUT2D eigenvalue weighted by Crippen LogP contribution is -2.61. The normalized spacial score (nSPS) is 24.7. The van der Waals surface area contributed by atoms with Gasteiger partial charge in [-0.2, -0.15) is 11.8 Å². The van der Waals surface area contributed by atoms with Crippen LogP contribution < -0.4 is 38.1 Å². The van der Waals surface area contributed by atoms with E-state index in [2.05, 4.69) is 31.6 Å². The molecular formula is C36H48N8O8S. The molecule has 1 aromatic heterocycles. The van der Waals surface area contributed by atoms with Crippen molar-refractivity contribution >= 4 is 58.2 Å². The Balaban J connectivity index is 1.74. The number of aromatic nitrogens is 1. The number of para-hydroxylation sites is 1. The third-order valence-corrected chi connectivity index (χ3v) is 9.99. The average molecular weight is 753 g/mol. The Kier molecular flexibility index (Phi) is 15.2. The second-order valence-electron chi connectivity index (χ2n) is 13.0. The number of aromatic amines is 1. The van der Waals surface area contributed by atoms with Crippen LogP contribution in [0.2, 0.25) is 0 Å². The second-order valence-corrected chi connectivity index (χ2v) is 14.1. The topological polar surface area (TPSA) is 271 Å². The highest BCUT2D eigenvalue weighted by Gasteiger charge is 2.35. The molecule has 4 rings (SSSR count). The summed E-state index contributed by atoms with van der Waals surface area (Å²) in [5.74, 6) is -5.55. The van der Waals surface area contributed by atoms with Crippen LogP contribution in [0.25, 0.3) is 10.9 Å². The van der Waals surface area contributed by atoms with Crippen LogP contribution >= 0.6 is 11.8 Å². The van der Waals surface area contributed by atoms with Gasteiger partial charge in [0.05, 0.1) is 12.1 Å². The standard InChI is InChI=1S/C36H48N8O8S/c1-20(45)30-35(50)43-29(36(51)52)19-53-18-24(38)31(46)41-27(15-21-9-3-2-4-10-21)33(48)42-28(16-22-17-39-25-12-6-5-11-23(22)25)34(49)40-26(32(47)44-30)13-7-8-14-37/h2-6,9-12,17,20,24,26-30,39,45H,7-8,13-16,18-19,37-38H2,1H3,(H,40,49)(H,41,46)(H,42,48)(H,43,50)(H,44,47)(H,51,52)/t20-,24+,26+,27+,28-,29+,30+/m1/s1. The number of nitrogens with one attached hydrogen (secondary N) is 6. The van der Waals surface area contributed by atoms with E-state index in [0.29, 0.717) is 24.9 Å². The van der Waals surface area contributed by atoms with Crippen LogP contribution in [0.4, 0.5) is 0 Å². The number of unbranched alkanes of at least 4 members (excludes halogenated alkanes) is 1. The number of nitrogens with two attached hydrogens (primary N) is 2. The zero-order valence-electron chi connectivity index (χ0n) is 29.4. The lowest BCUT2D eigenvalue weighted by atomic mass is 10.0. The van der Waals surface area contributed by atoms with Crippen molar-refractivity contribution in [2.75, 3.05) is 18.1 Å². The maximum absolute atomic E-state index is 14.2. The quantitative estimate of drug-likeness (QED) is 0.113. The predicted octanol–water partition coefficient (Wildman–Crippen LogP) is -0.954. The van der Waals surface area contributed by atoms with Gasteiger partial charge < -0.3 is 53.2 Å². The summed E-state index contributed by atoms with van der Waals surface area (Å²) in [6.45, 7) is 1.57. The zero-order valence-corrected chi connectivity index (χ0v) is 30.2. The molecule has 2 aromatic carbocycles. The van der Waals surface area contributed by atoms with Gasteiger partial charge in [0, 0.05) is 41.4 Å². The van der Waals surface area contributed by atoms with Crippen molar-refractivity contribution in [3.05, 3.63) is 71.9 Å². The molecule has 17 heteroatoms. The Morgan fingerprint density at radius 2 is 1.42 bits per heavy atom. The van der Waals surface area contributed by atoms with Crippen LogP contribution in [0.3, 0.4) is 0 Å². The minimum Gasteiger partial charge on any atom is -0.480 e. The van der Waals surface area contributed by atoms with Crippen molar-refractivity contribution in [1.29, 1.82) is 0 Å². The number of aliphatic carboxylic acids is 1. The van der Waals surface area contributed by atoms with Crippen LogP contribution in [-0.2, 0) is 41.6 Å². The largest absolute Gasteiger partial charge is 0.480 e. The van der Waals surface area contributed by atoms with Crippen LogP contribution in [0, 0.1) is 0 Å². The first kappa shape index (κ1) is 40.8. The van der Waals surface area contributed by atoms with E-state index in [-0.39, 0.29) is 30.8 Å². The van der Waals surface area contributed by atoms with Crippen molar-refractivity contribution in [2.24, 2.45) is 11.5 Å². The molecule has 2 heterocycles. The molecule has 3 aromatic rings. The highest BCUT2D eigenvalue weighted by atomic mass is 32.2. The molecule has 53 heavy (non-hydrogen) atoms. The number of hydrogen-bond acceptors (Lipinski definition) is 10. The van der Waals surface area contributed by atoms with Crippen molar-refractivity contribution < 1.29 is 39.0 Å². The predicted molar refractivity (Wildman–Crippen MR) is 199 cm³/mol. The molecule has 1 aliphatic heterocycles. The summed E-state index contributed by atoms with van der Waals surface area (Å²) in [5, 5.41) is 34.1. The maximum Gasteiger partial charge on any atom is 0.327 e. The fraction of sp³-hybridized carbons (Fsp3) is 0.444. The lowest BCUT2D eigenvalue weighted by Gasteiger charge is -2.27. The van der Waals surface area contributed by atoms with Gasteiger partial charge >= 0.3 is 5.97 Å². The molecule has 1 saturated heterocycles. The van der Waals surface area contributed by atoms with Gasteiger partial charge in [-0.1, -0.05) is 48.5 Å². The van der Waals surface area contributed by atoms with E-state index >= 15 is 0 Å².